The van der Waals surface area contributed by atoms with Gasteiger partial charge in [0.1, 0.15) is 0 Å². The van der Waals surface area contributed by atoms with Crippen LogP contribution in [-0.2, 0) is 6.42 Å². The van der Waals surface area contributed by atoms with Crippen LogP contribution in [0.15, 0.2) is 54.6 Å². The molecule has 0 bridgehead atoms. The summed E-state index contributed by atoms with van der Waals surface area (Å²) < 4.78 is 0. The number of hydrogen-bond donors (Lipinski definition) is 1. The fourth-order valence-corrected chi connectivity index (χ4v) is 2.70. The summed E-state index contributed by atoms with van der Waals surface area (Å²) in [6, 6.07) is 19.3. The Balaban J connectivity index is 1.59. The van der Waals surface area contributed by atoms with Gasteiger partial charge in [0.25, 0.3) is 0 Å². The second-order valence-electron chi connectivity index (χ2n) is 5.02. The highest BCUT2D eigenvalue weighted by atomic mass is 15.2. The standard InChI is InChI=1S/C17H20N2/c1-2-7-15(8-3-1)9-6-13-19-14-12-18-16-10-4-5-11-17(16)19/h1-5,7-8,10-11,18H,6,9,12-14H2. The molecule has 0 radical (unpaired) electrons. The number of para-hydroxylation sites is 2. The highest BCUT2D eigenvalue weighted by Crippen LogP contribution is 2.28. The minimum atomic E-state index is 1.04. The molecule has 0 atom stereocenters. The van der Waals surface area contributed by atoms with Crippen molar-refractivity contribution < 1.29 is 0 Å². The molecule has 0 amide bonds. The summed E-state index contributed by atoms with van der Waals surface area (Å²) in [5.74, 6) is 0. The summed E-state index contributed by atoms with van der Waals surface area (Å²) in [7, 11) is 0. The molecule has 19 heavy (non-hydrogen) atoms. The van der Waals surface area contributed by atoms with Crippen LogP contribution in [0.25, 0.3) is 0 Å². The van der Waals surface area contributed by atoms with Crippen LogP contribution in [0.1, 0.15) is 12.0 Å². The van der Waals surface area contributed by atoms with Gasteiger partial charge in [-0.3, -0.25) is 0 Å². The number of benzene rings is 2. The van der Waals surface area contributed by atoms with Crippen LogP contribution < -0.4 is 10.2 Å². The molecule has 1 aliphatic rings. The summed E-state index contributed by atoms with van der Waals surface area (Å²) in [4.78, 5) is 2.49. The molecule has 0 aliphatic carbocycles. The summed E-state index contributed by atoms with van der Waals surface area (Å²) in [6.07, 6.45) is 2.37. The lowest BCUT2D eigenvalue weighted by molar-refractivity contribution is 0.725. The van der Waals surface area contributed by atoms with Crippen molar-refractivity contribution >= 4 is 11.4 Å². The zero-order valence-electron chi connectivity index (χ0n) is 11.2. The van der Waals surface area contributed by atoms with Gasteiger partial charge in [-0.1, -0.05) is 42.5 Å². The molecule has 0 saturated heterocycles. The first-order valence-electron chi connectivity index (χ1n) is 7.05. The van der Waals surface area contributed by atoms with E-state index in [1.807, 2.05) is 0 Å². The Bertz CT molecular complexity index is 522. The first-order valence-corrected chi connectivity index (χ1v) is 7.05. The molecule has 0 unspecified atom stereocenters. The van der Waals surface area contributed by atoms with Gasteiger partial charge in [-0.15, -0.1) is 0 Å². The van der Waals surface area contributed by atoms with E-state index in [1.54, 1.807) is 0 Å². The highest BCUT2D eigenvalue weighted by molar-refractivity contribution is 5.71. The normalized spacial score (nSPS) is 13.8. The van der Waals surface area contributed by atoms with Gasteiger partial charge in [0, 0.05) is 19.6 Å². The number of fused-ring (bicyclic) bond motifs is 1. The average molecular weight is 252 g/mol. The summed E-state index contributed by atoms with van der Waals surface area (Å²) in [6.45, 7) is 3.28. The Morgan fingerprint density at radius 1 is 0.947 bits per heavy atom. The maximum atomic E-state index is 3.46. The molecular weight excluding hydrogens is 232 g/mol. The van der Waals surface area contributed by atoms with E-state index in [-0.39, 0.29) is 0 Å². The highest BCUT2D eigenvalue weighted by Gasteiger charge is 2.14. The first-order chi connectivity index (χ1) is 9.43. The Morgan fingerprint density at radius 2 is 1.74 bits per heavy atom. The second kappa shape index (κ2) is 5.79. The van der Waals surface area contributed by atoms with E-state index in [0.717, 1.165) is 26.1 Å². The van der Waals surface area contributed by atoms with Crippen LogP contribution >= 0.6 is 0 Å². The topological polar surface area (TPSA) is 15.3 Å². The number of nitrogens with one attached hydrogen (secondary N) is 1. The van der Waals surface area contributed by atoms with Crippen molar-refractivity contribution in [1.82, 2.24) is 0 Å². The smallest absolute Gasteiger partial charge is 0.0602 e. The lowest BCUT2D eigenvalue weighted by Gasteiger charge is -2.32. The largest absolute Gasteiger partial charge is 0.382 e. The third-order valence-corrected chi connectivity index (χ3v) is 3.68. The average Bonchev–Trinajstić information content (AvgIpc) is 2.49. The van der Waals surface area contributed by atoms with E-state index in [2.05, 4.69) is 64.8 Å². The van der Waals surface area contributed by atoms with Crippen molar-refractivity contribution in [3.63, 3.8) is 0 Å². The number of rotatable bonds is 4. The Morgan fingerprint density at radius 3 is 2.63 bits per heavy atom. The van der Waals surface area contributed by atoms with Crippen LogP contribution in [0.5, 0.6) is 0 Å². The third kappa shape index (κ3) is 2.90. The monoisotopic (exact) mass is 252 g/mol. The lowest BCUT2D eigenvalue weighted by atomic mass is 10.1. The Kier molecular flexibility index (Phi) is 3.68. The van der Waals surface area contributed by atoms with Gasteiger partial charge >= 0.3 is 0 Å². The first kappa shape index (κ1) is 12.1. The van der Waals surface area contributed by atoms with Crippen LogP contribution in [-0.4, -0.2) is 19.6 Å². The van der Waals surface area contributed by atoms with Crippen LogP contribution in [0.3, 0.4) is 0 Å². The second-order valence-corrected chi connectivity index (χ2v) is 5.02. The van der Waals surface area contributed by atoms with E-state index in [1.165, 1.54) is 23.4 Å². The maximum Gasteiger partial charge on any atom is 0.0602 e. The fourth-order valence-electron chi connectivity index (χ4n) is 2.70. The lowest BCUT2D eigenvalue weighted by Crippen LogP contribution is -2.34. The number of aryl methyl sites for hydroxylation is 1. The SMILES string of the molecule is c1ccc(CCCN2CCNc3ccccc32)cc1. The third-order valence-electron chi connectivity index (χ3n) is 3.68. The van der Waals surface area contributed by atoms with Crippen molar-refractivity contribution in [2.45, 2.75) is 12.8 Å². The molecular formula is C17H20N2. The predicted octanol–water partition coefficient (Wildman–Crippen LogP) is 3.55. The molecule has 1 heterocycles. The molecule has 2 nitrogen and oxygen atoms in total. The van der Waals surface area contributed by atoms with Crippen LogP contribution in [0.4, 0.5) is 11.4 Å². The molecule has 2 heteroatoms. The Hall–Kier alpha value is -1.96. The van der Waals surface area contributed by atoms with Crippen LogP contribution in [0.2, 0.25) is 0 Å². The fraction of sp³-hybridized carbons (Fsp3) is 0.294. The molecule has 3 rings (SSSR count). The van der Waals surface area contributed by atoms with Crippen molar-refractivity contribution in [1.29, 1.82) is 0 Å². The number of anilines is 2. The molecule has 1 aliphatic heterocycles. The Labute approximate surface area is 115 Å². The van der Waals surface area contributed by atoms with E-state index < -0.39 is 0 Å². The van der Waals surface area contributed by atoms with E-state index in [0.29, 0.717) is 0 Å². The van der Waals surface area contributed by atoms with Crippen LogP contribution in [0, 0.1) is 0 Å². The zero-order valence-corrected chi connectivity index (χ0v) is 11.2. The summed E-state index contributed by atoms with van der Waals surface area (Å²) in [5.41, 5.74) is 4.06. The molecule has 2 aromatic carbocycles. The van der Waals surface area contributed by atoms with Crippen molar-refractivity contribution in [2.75, 3.05) is 29.9 Å². The molecule has 98 valence electrons. The number of hydrogen-bond acceptors (Lipinski definition) is 2. The summed E-state index contributed by atoms with van der Waals surface area (Å²) >= 11 is 0. The number of nitrogens with zero attached hydrogens (tertiary/aromatic N) is 1. The molecule has 0 spiro atoms. The zero-order chi connectivity index (χ0) is 12.9. The molecule has 2 aromatic rings. The predicted molar refractivity (Wildman–Crippen MR) is 81.9 cm³/mol. The van der Waals surface area contributed by atoms with Gasteiger partial charge in [0.05, 0.1) is 11.4 Å². The maximum absolute atomic E-state index is 3.46. The molecule has 0 saturated carbocycles. The van der Waals surface area contributed by atoms with Gasteiger partial charge in [-0.2, -0.15) is 0 Å². The van der Waals surface area contributed by atoms with E-state index in [9.17, 15) is 0 Å². The quantitative estimate of drug-likeness (QED) is 0.895. The van der Waals surface area contributed by atoms with E-state index >= 15 is 0 Å². The minimum Gasteiger partial charge on any atom is -0.382 e. The van der Waals surface area contributed by atoms with Gasteiger partial charge in [-0.25, -0.2) is 0 Å². The molecule has 0 aromatic heterocycles. The van der Waals surface area contributed by atoms with Gasteiger partial charge in [0.2, 0.25) is 0 Å². The van der Waals surface area contributed by atoms with Crippen molar-refractivity contribution in [3.8, 4) is 0 Å². The van der Waals surface area contributed by atoms with Gasteiger partial charge < -0.3 is 10.2 Å². The van der Waals surface area contributed by atoms with Gasteiger partial charge in [-0.05, 0) is 30.5 Å². The molecule has 1 N–H and O–H groups in total. The van der Waals surface area contributed by atoms with Crippen molar-refractivity contribution in [3.05, 3.63) is 60.2 Å². The minimum absolute atomic E-state index is 1.04. The summed E-state index contributed by atoms with van der Waals surface area (Å²) in [5, 5.41) is 3.46. The molecule has 0 fully saturated rings. The van der Waals surface area contributed by atoms with Crippen molar-refractivity contribution in [2.24, 2.45) is 0 Å². The van der Waals surface area contributed by atoms with E-state index in [4.69, 9.17) is 0 Å². The van der Waals surface area contributed by atoms with Gasteiger partial charge in [0.15, 0.2) is 0 Å².